The molecule has 3 nitrogen and oxygen atoms in total. The molecule has 0 spiro atoms. The minimum Gasteiger partial charge on any atom is -0.373 e. The van der Waals surface area contributed by atoms with Crippen molar-refractivity contribution >= 4 is 17.2 Å². The Morgan fingerprint density at radius 3 is 2.59 bits per heavy atom. The van der Waals surface area contributed by atoms with Gasteiger partial charge in [-0.25, -0.2) is 9.97 Å². The number of halogens is 3. The van der Waals surface area contributed by atoms with Crippen molar-refractivity contribution in [1.29, 1.82) is 0 Å². The summed E-state index contributed by atoms with van der Waals surface area (Å²) in [6, 6.07) is 4.96. The summed E-state index contributed by atoms with van der Waals surface area (Å²) >= 11 is 1.33. The van der Waals surface area contributed by atoms with Crippen LogP contribution in [0.4, 0.5) is 19.0 Å². The Morgan fingerprint density at radius 2 is 2.06 bits per heavy atom. The summed E-state index contributed by atoms with van der Waals surface area (Å²) in [6.45, 7) is 0. The van der Waals surface area contributed by atoms with Crippen LogP contribution in [0.25, 0.3) is 10.6 Å². The molecule has 0 fully saturated rings. The van der Waals surface area contributed by atoms with Crippen LogP contribution in [-0.4, -0.2) is 17.0 Å². The van der Waals surface area contributed by atoms with E-state index in [1.807, 2.05) is 0 Å². The van der Waals surface area contributed by atoms with E-state index in [9.17, 15) is 13.2 Å². The molecule has 0 aliphatic carbocycles. The normalized spacial score (nSPS) is 11.5. The molecule has 7 heteroatoms. The van der Waals surface area contributed by atoms with Gasteiger partial charge in [0, 0.05) is 13.1 Å². The van der Waals surface area contributed by atoms with Crippen molar-refractivity contribution in [3.63, 3.8) is 0 Å². The summed E-state index contributed by atoms with van der Waals surface area (Å²) in [5.41, 5.74) is 0.270. The van der Waals surface area contributed by atoms with E-state index in [4.69, 9.17) is 0 Å². The van der Waals surface area contributed by atoms with Crippen LogP contribution in [0.2, 0.25) is 0 Å². The molecule has 0 bridgehead atoms. The first-order valence-corrected chi connectivity index (χ1v) is 5.56. The molecule has 0 aromatic carbocycles. The van der Waals surface area contributed by atoms with E-state index < -0.39 is 12.0 Å². The van der Waals surface area contributed by atoms with Gasteiger partial charge in [-0.2, -0.15) is 13.2 Å². The van der Waals surface area contributed by atoms with Gasteiger partial charge in [0.05, 0.1) is 10.6 Å². The number of hydrogen-bond acceptors (Lipinski definition) is 4. The van der Waals surface area contributed by atoms with Gasteiger partial charge in [-0.15, -0.1) is 11.3 Å². The molecule has 17 heavy (non-hydrogen) atoms. The second-order valence-corrected chi connectivity index (χ2v) is 4.13. The lowest BCUT2D eigenvalue weighted by atomic mass is 10.3. The maximum absolute atomic E-state index is 12.6. The van der Waals surface area contributed by atoms with Crippen LogP contribution in [0.1, 0.15) is 5.82 Å². The Bertz CT molecular complexity index is 508. The van der Waals surface area contributed by atoms with Gasteiger partial charge in [0.25, 0.3) is 0 Å². The zero-order valence-corrected chi connectivity index (χ0v) is 9.56. The van der Waals surface area contributed by atoms with E-state index in [-0.39, 0.29) is 11.5 Å². The van der Waals surface area contributed by atoms with Crippen LogP contribution in [0.5, 0.6) is 0 Å². The molecule has 90 valence electrons. The third-order valence-electron chi connectivity index (χ3n) is 2.01. The fourth-order valence-electron chi connectivity index (χ4n) is 1.25. The molecule has 0 saturated heterocycles. The minimum atomic E-state index is -4.54. The molecule has 2 aromatic rings. The molecule has 2 heterocycles. The number of anilines is 1. The van der Waals surface area contributed by atoms with Crippen molar-refractivity contribution in [3.05, 3.63) is 29.4 Å². The van der Waals surface area contributed by atoms with E-state index in [1.54, 1.807) is 17.5 Å². The Balaban J connectivity index is 2.54. The Kier molecular flexibility index (Phi) is 3.01. The molecule has 0 aliphatic rings. The van der Waals surface area contributed by atoms with Crippen LogP contribution in [-0.2, 0) is 6.18 Å². The van der Waals surface area contributed by atoms with E-state index in [2.05, 4.69) is 15.3 Å². The minimum absolute atomic E-state index is 0.149. The fraction of sp³-hybridized carbons (Fsp3) is 0.200. The van der Waals surface area contributed by atoms with Crippen molar-refractivity contribution in [2.24, 2.45) is 0 Å². The maximum atomic E-state index is 12.6. The highest BCUT2D eigenvalue weighted by molar-refractivity contribution is 7.13. The van der Waals surface area contributed by atoms with Gasteiger partial charge in [-0.05, 0) is 11.4 Å². The Labute approximate surface area is 99.3 Å². The van der Waals surface area contributed by atoms with Crippen molar-refractivity contribution in [2.75, 3.05) is 12.4 Å². The van der Waals surface area contributed by atoms with E-state index in [0.717, 1.165) is 0 Å². The number of thiophene rings is 1. The van der Waals surface area contributed by atoms with Crippen LogP contribution >= 0.6 is 11.3 Å². The van der Waals surface area contributed by atoms with Crippen molar-refractivity contribution in [1.82, 2.24) is 9.97 Å². The summed E-state index contributed by atoms with van der Waals surface area (Å²) < 4.78 is 37.7. The predicted octanol–water partition coefficient (Wildman–Crippen LogP) is 3.27. The van der Waals surface area contributed by atoms with Gasteiger partial charge in [0.2, 0.25) is 5.82 Å². The zero-order chi connectivity index (χ0) is 12.5. The topological polar surface area (TPSA) is 37.8 Å². The van der Waals surface area contributed by atoms with E-state index >= 15 is 0 Å². The van der Waals surface area contributed by atoms with Gasteiger partial charge in [-0.1, -0.05) is 6.07 Å². The SMILES string of the molecule is CNc1cc(-c2cccs2)nc(C(F)(F)F)n1. The molecular formula is C10H8F3N3S. The van der Waals surface area contributed by atoms with Gasteiger partial charge in [0.1, 0.15) is 5.82 Å². The van der Waals surface area contributed by atoms with Crippen LogP contribution in [0.15, 0.2) is 23.6 Å². The predicted molar refractivity (Wildman–Crippen MR) is 59.9 cm³/mol. The molecule has 2 rings (SSSR count). The average Bonchev–Trinajstić information content (AvgIpc) is 2.80. The lowest BCUT2D eigenvalue weighted by molar-refractivity contribution is -0.144. The fourth-order valence-corrected chi connectivity index (χ4v) is 1.94. The molecule has 2 aromatic heterocycles. The second kappa shape index (κ2) is 4.33. The summed E-state index contributed by atoms with van der Waals surface area (Å²) in [5.74, 6) is -0.983. The van der Waals surface area contributed by atoms with Crippen molar-refractivity contribution in [3.8, 4) is 10.6 Å². The highest BCUT2D eigenvalue weighted by Crippen LogP contribution is 2.31. The Hall–Kier alpha value is -1.63. The summed E-state index contributed by atoms with van der Waals surface area (Å²) in [6.07, 6.45) is -4.54. The quantitative estimate of drug-likeness (QED) is 0.899. The second-order valence-electron chi connectivity index (χ2n) is 3.19. The number of hydrogen-bond donors (Lipinski definition) is 1. The summed E-state index contributed by atoms with van der Waals surface area (Å²) in [5, 5.41) is 4.38. The van der Waals surface area contributed by atoms with Gasteiger partial charge in [-0.3, -0.25) is 0 Å². The summed E-state index contributed by atoms with van der Waals surface area (Å²) in [7, 11) is 1.51. The van der Waals surface area contributed by atoms with Crippen LogP contribution in [0, 0.1) is 0 Å². The van der Waals surface area contributed by atoms with Gasteiger partial charge >= 0.3 is 6.18 Å². The number of aromatic nitrogens is 2. The molecule has 1 N–H and O–H groups in total. The van der Waals surface area contributed by atoms with E-state index in [1.165, 1.54) is 24.5 Å². The monoisotopic (exact) mass is 259 g/mol. The number of nitrogens with zero attached hydrogens (tertiary/aromatic N) is 2. The smallest absolute Gasteiger partial charge is 0.373 e. The number of rotatable bonds is 2. The van der Waals surface area contributed by atoms with Crippen LogP contribution in [0.3, 0.4) is 0 Å². The first kappa shape index (κ1) is 11.8. The lowest BCUT2D eigenvalue weighted by Gasteiger charge is -2.08. The maximum Gasteiger partial charge on any atom is 0.451 e. The standard InChI is InChI=1S/C10H8F3N3S/c1-14-8-5-6(7-3-2-4-17-7)15-9(16-8)10(11,12)13/h2-5H,1H3,(H,14,15,16). The molecule has 0 aliphatic heterocycles. The van der Waals surface area contributed by atoms with Crippen LogP contribution < -0.4 is 5.32 Å². The lowest BCUT2D eigenvalue weighted by Crippen LogP contribution is -2.12. The molecule has 0 saturated carbocycles. The number of alkyl halides is 3. The average molecular weight is 259 g/mol. The summed E-state index contributed by atoms with van der Waals surface area (Å²) in [4.78, 5) is 7.60. The molecule has 0 radical (unpaired) electrons. The highest BCUT2D eigenvalue weighted by atomic mass is 32.1. The zero-order valence-electron chi connectivity index (χ0n) is 8.75. The molecule has 0 unspecified atom stereocenters. The largest absolute Gasteiger partial charge is 0.451 e. The van der Waals surface area contributed by atoms with Gasteiger partial charge < -0.3 is 5.32 Å². The Morgan fingerprint density at radius 1 is 1.29 bits per heavy atom. The molecular weight excluding hydrogens is 251 g/mol. The third-order valence-corrected chi connectivity index (χ3v) is 2.90. The third kappa shape index (κ3) is 2.55. The van der Waals surface area contributed by atoms with Crippen molar-refractivity contribution < 1.29 is 13.2 Å². The van der Waals surface area contributed by atoms with Gasteiger partial charge in [0.15, 0.2) is 0 Å². The van der Waals surface area contributed by atoms with Crippen molar-refractivity contribution in [2.45, 2.75) is 6.18 Å². The highest BCUT2D eigenvalue weighted by Gasteiger charge is 2.35. The first-order valence-electron chi connectivity index (χ1n) is 4.68. The number of nitrogens with one attached hydrogen (secondary N) is 1. The first-order chi connectivity index (χ1) is 8.00. The molecule has 0 atom stereocenters. The molecule has 0 amide bonds. The van der Waals surface area contributed by atoms with E-state index in [0.29, 0.717) is 4.88 Å².